The third-order valence-corrected chi connectivity index (χ3v) is 10.5. The molecule has 1 aliphatic carbocycles. The lowest BCUT2D eigenvalue weighted by atomic mass is 9.53. The van der Waals surface area contributed by atoms with Crippen molar-refractivity contribution >= 4 is 23.2 Å². The molecular formula is C33H40N8O5. The summed E-state index contributed by atoms with van der Waals surface area (Å²) in [4.78, 5) is 36.7. The second-order valence-corrected chi connectivity index (χ2v) is 13.8. The molecule has 4 fully saturated rings. The lowest BCUT2D eigenvalue weighted by Gasteiger charge is -2.49. The molecular weight excluding hydrogens is 588 g/mol. The second-order valence-electron chi connectivity index (χ2n) is 13.8. The van der Waals surface area contributed by atoms with E-state index in [1.807, 2.05) is 11.4 Å². The number of carbonyl (C=O) groups is 2. The van der Waals surface area contributed by atoms with Gasteiger partial charge in [-0.1, -0.05) is 37.3 Å². The number of hydrogen-bond donors (Lipinski definition) is 3. The molecule has 0 radical (unpaired) electrons. The molecule has 3 aromatic heterocycles. The van der Waals surface area contributed by atoms with E-state index >= 15 is 0 Å². The van der Waals surface area contributed by atoms with Gasteiger partial charge in [0, 0.05) is 37.6 Å². The average Bonchev–Trinajstić information content (AvgIpc) is 3.85. The van der Waals surface area contributed by atoms with Crippen molar-refractivity contribution in [2.45, 2.75) is 69.5 Å². The Morgan fingerprint density at radius 1 is 1.24 bits per heavy atom. The fourth-order valence-corrected chi connectivity index (χ4v) is 7.71. The second kappa shape index (κ2) is 10.6. The van der Waals surface area contributed by atoms with E-state index in [4.69, 9.17) is 19.6 Å². The number of nitrogens with one attached hydrogen (secondary N) is 2. The van der Waals surface area contributed by atoms with Crippen LogP contribution in [-0.4, -0.2) is 85.7 Å². The smallest absolute Gasteiger partial charge is 0.336 e. The first kappa shape index (κ1) is 30.3. The van der Waals surface area contributed by atoms with E-state index in [2.05, 4.69) is 81.8 Å². The van der Waals surface area contributed by atoms with Crippen molar-refractivity contribution in [3.8, 4) is 0 Å². The summed E-state index contributed by atoms with van der Waals surface area (Å²) < 4.78 is 13.5. The van der Waals surface area contributed by atoms with E-state index in [9.17, 15) is 14.7 Å². The Morgan fingerprint density at radius 3 is 2.72 bits per heavy atom. The minimum atomic E-state index is -1.62. The van der Waals surface area contributed by atoms with Gasteiger partial charge < -0.3 is 24.8 Å². The number of fused-ring (bicyclic) bond motifs is 2. The van der Waals surface area contributed by atoms with Crippen molar-refractivity contribution in [3.63, 3.8) is 0 Å². The first-order chi connectivity index (χ1) is 21.9. The Labute approximate surface area is 266 Å². The number of aromatic nitrogens is 6. The van der Waals surface area contributed by atoms with Crippen molar-refractivity contribution in [3.05, 3.63) is 71.2 Å². The molecule has 5 atom stereocenters. The van der Waals surface area contributed by atoms with E-state index in [0.717, 1.165) is 36.4 Å². The van der Waals surface area contributed by atoms with Crippen LogP contribution in [0.1, 0.15) is 67.6 Å². The normalized spacial score (nSPS) is 28.3. The summed E-state index contributed by atoms with van der Waals surface area (Å²) in [5.41, 5.74) is 1.30. The number of aromatic amines is 1. The van der Waals surface area contributed by atoms with Crippen molar-refractivity contribution in [2.75, 3.05) is 38.3 Å². The van der Waals surface area contributed by atoms with Crippen LogP contribution in [0.15, 0.2) is 42.6 Å². The lowest BCUT2D eigenvalue weighted by Crippen LogP contribution is -2.57. The molecule has 0 spiro atoms. The quantitative estimate of drug-likeness (QED) is 0.238. The number of ether oxygens (including phenoxy) is 2. The minimum absolute atomic E-state index is 0.0662. The summed E-state index contributed by atoms with van der Waals surface area (Å²) in [5.74, 6) is -0.125. The van der Waals surface area contributed by atoms with Gasteiger partial charge in [0.2, 0.25) is 5.91 Å². The molecule has 46 heavy (non-hydrogen) atoms. The number of nitrogens with zero attached hydrogens (tertiary/aromatic N) is 6. The van der Waals surface area contributed by atoms with E-state index in [-0.39, 0.29) is 24.3 Å². The topological polar surface area (TPSA) is 160 Å². The summed E-state index contributed by atoms with van der Waals surface area (Å²) in [7, 11) is 1.28. The number of pyridine rings is 1. The molecule has 4 unspecified atom stereocenters. The summed E-state index contributed by atoms with van der Waals surface area (Å²) in [6.07, 6.45) is 3.35. The summed E-state index contributed by atoms with van der Waals surface area (Å²) >= 11 is 0. The summed E-state index contributed by atoms with van der Waals surface area (Å²) in [6.45, 7) is 10.1. The summed E-state index contributed by atoms with van der Waals surface area (Å²) in [5, 5.41) is 24.9. The predicted molar refractivity (Wildman–Crippen MR) is 168 cm³/mol. The largest absolute Gasteiger partial charge is 0.479 e. The molecule has 8 rings (SSSR count). The monoisotopic (exact) mass is 628 g/mol. The molecule has 13 nitrogen and oxygen atoms in total. The standard InChI is InChI=1S/C33H40N8O5/c1-20-13-23(40-12-11-30(3,18-40)22-9-7-6-8-10-22)15-41-27(20)36-28(39-41)33-16-32(19-46-33,25(33)26-35-21(2)37-38-26)17-34-24(42)14-31(4,45-5)29(43)44/h6-10,13,15,25H,11-12,14,16-19H2,1-5H3,(H,34,42)(H,43,44)(H,35,37,38)/t25?,30-,31?,32?,33?/m0/s1. The molecule has 1 saturated carbocycles. The van der Waals surface area contributed by atoms with Crippen molar-refractivity contribution in [1.82, 2.24) is 35.1 Å². The fraction of sp³-hybridized carbons (Fsp3) is 0.515. The molecule has 4 aliphatic rings. The predicted octanol–water partition coefficient (Wildman–Crippen LogP) is 3.03. The molecule has 3 N–H and O–H groups in total. The molecule has 13 heteroatoms. The summed E-state index contributed by atoms with van der Waals surface area (Å²) in [6, 6.07) is 12.9. The van der Waals surface area contributed by atoms with Crippen LogP contribution in [0.5, 0.6) is 0 Å². The number of carboxylic acid groups (broad SMARTS) is 1. The molecule has 1 aromatic carbocycles. The van der Waals surface area contributed by atoms with E-state index in [1.165, 1.54) is 19.6 Å². The first-order valence-electron chi connectivity index (χ1n) is 15.7. The number of benzene rings is 1. The Hall–Kier alpha value is -4.36. The zero-order valence-corrected chi connectivity index (χ0v) is 26.8. The van der Waals surface area contributed by atoms with Crippen LogP contribution in [0.3, 0.4) is 0 Å². The van der Waals surface area contributed by atoms with E-state index in [0.29, 0.717) is 30.5 Å². The third kappa shape index (κ3) is 4.66. The van der Waals surface area contributed by atoms with Crippen LogP contribution in [0.4, 0.5) is 5.69 Å². The van der Waals surface area contributed by atoms with Crippen LogP contribution in [0.25, 0.3) is 5.65 Å². The van der Waals surface area contributed by atoms with Gasteiger partial charge in [-0.3, -0.25) is 9.89 Å². The van der Waals surface area contributed by atoms with Gasteiger partial charge in [0.15, 0.2) is 22.9 Å². The highest BCUT2D eigenvalue weighted by Crippen LogP contribution is 2.70. The minimum Gasteiger partial charge on any atom is -0.479 e. The maximum Gasteiger partial charge on any atom is 0.336 e. The van der Waals surface area contributed by atoms with Gasteiger partial charge in [0.1, 0.15) is 11.4 Å². The van der Waals surface area contributed by atoms with Gasteiger partial charge >= 0.3 is 5.97 Å². The highest BCUT2D eigenvalue weighted by atomic mass is 16.5. The molecule has 6 heterocycles. The van der Waals surface area contributed by atoms with Gasteiger partial charge in [-0.2, -0.15) is 5.10 Å². The Morgan fingerprint density at radius 2 is 2.02 bits per heavy atom. The number of amides is 1. The Kier molecular flexibility index (Phi) is 6.98. The van der Waals surface area contributed by atoms with Gasteiger partial charge in [-0.25, -0.2) is 19.3 Å². The van der Waals surface area contributed by atoms with Crippen molar-refractivity contribution in [2.24, 2.45) is 5.41 Å². The van der Waals surface area contributed by atoms with E-state index in [1.54, 1.807) is 0 Å². The Bertz CT molecular complexity index is 1820. The van der Waals surface area contributed by atoms with Gasteiger partial charge in [0.25, 0.3) is 0 Å². The highest BCUT2D eigenvalue weighted by Gasteiger charge is 2.74. The number of H-pyrrole nitrogens is 1. The SMILES string of the molecule is COC(C)(CC(=O)NCC12COC(c3nc4c(C)cc(N5CC[C@](C)(c6ccccc6)C5)cn4n3)(C1)C2c1n[nH]c(C)n1)C(=O)O. The maximum atomic E-state index is 12.9. The van der Waals surface area contributed by atoms with Crippen LogP contribution < -0.4 is 10.2 Å². The van der Waals surface area contributed by atoms with Crippen LogP contribution in [0.2, 0.25) is 0 Å². The average molecular weight is 629 g/mol. The number of aryl methyl sites for hydroxylation is 2. The van der Waals surface area contributed by atoms with Gasteiger partial charge in [-0.15, -0.1) is 5.10 Å². The zero-order valence-electron chi connectivity index (χ0n) is 26.8. The molecule has 1 amide bonds. The molecule has 2 bridgehead atoms. The molecule has 3 saturated heterocycles. The number of aliphatic carboxylic acids is 1. The van der Waals surface area contributed by atoms with Gasteiger partial charge in [-0.05, 0) is 50.8 Å². The third-order valence-electron chi connectivity index (χ3n) is 10.5. The molecule has 4 aromatic rings. The fourth-order valence-electron chi connectivity index (χ4n) is 7.71. The van der Waals surface area contributed by atoms with Crippen molar-refractivity contribution in [1.29, 1.82) is 0 Å². The molecule has 242 valence electrons. The number of anilines is 1. The Balaban J connectivity index is 1.16. The lowest BCUT2D eigenvalue weighted by molar-refractivity contribution is -0.163. The van der Waals surface area contributed by atoms with Crippen LogP contribution in [-0.2, 0) is 30.1 Å². The van der Waals surface area contributed by atoms with Crippen LogP contribution in [0, 0.1) is 19.3 Å². The zero-order chi connectivity index (χ0) is 32.5. The van der Waals surface area contributed by atoms with Crippen LogP contribution >= 0.6 is 0 Å². The number of hydrogen-bond acceptors (Lipinski definition) is 9. The number of carbonyl (C=O) groups excluding carboxylic acids is 1. The number of carboxylic acids is 1. The van der Waals surface area contributed by atoms with Crippen molar-refractivity contribution < 1.29 is 24.2 Å². The van der Waals surface area contributed by atoms with E-state index < -0.39 is 28.5 Å². The maximum absolute atomic E-state index is 12.9. The number of rotatable bonds is 10. The highest BCUT2D eigenvalue weighted by molar-refractivity contribution is 5.86. The van der Waals surface area contributed by atoms with Gasteiger partial charge in [0.05, 0.1) is 30.8 Å². The molecule has 3 aliphatic heterocycles. The number of methoxy groups -OCH3 is 1. The first-order valence-corrected chi connectivity index (χ1v) is 15.7.